The van der Waals surface area contributed by atoms with E-state index in [9.17, 15) is 0 Å². The lowest BCUT2D eigenvalue weighted by Gasteiger charge is -2.08. The molecule has 6 heteroatoms. The number of aromatic nitrogens is 4. The van der Waals surface area contributed by atoms with E-state index in [-0.39, 0.29) is 0 Å². The van der Waals surface area contributed by atoms with Gasteiger partial charge in [0, 0.05) is 49.0 Å². The van der Waals surface area contributed by atoms with Crippen LogP contribution in [0.15, 0.2) is 167 Å². The molecule has 0 unspecified atom stereocenters. The van der Waals surface area contributed by atoms with Crippen LogP contribution in [0.1, 0.15) is 0 Å². The summed E-state index contributed by atoms with van der Waals surface area (Å²) in [5, 5.41) is 6.48. The van der Waals surface area contributed by atoms with Crippen molar-refractivity contribution in [1.82, 2.24) is 19.5 Å². The van der Waals surface area contributed by atoms with Gasteiger partial charge in [0.05, 0.1) is 16.7 Å². The first kappa shape index (κ1) is 27.9. The highest BCUT2D eigenvalue weighted by Gasteiger charge is 2.20. The predicted molar refractivity (Wildman–Crippen MR) is 205 cm³/mol. The fraction of sp³-hybridized carbons (Fsp3) is 0. The molecule has 0 saturated heterocycles. The van der Waals surface area contributed by atoms with Gasteiger partial charge in [-0.1, -0.05) is 115 Å². The van der Waals surface area contributed by atoms with E-state index in [0.717, 1.165) is 77.3 Å². The van der Waals surface area contributed by atoms with Crippen molar-refractivity contribution in [3.05, 3.63) is 158 Å². The largest absolute Gasteiger partial charge is 0.456 e. The molecule has 4 heterocycles. The predicted octanol–water partition coefficient (Wildman–Crippen LogP) is 11.8. The zero-order valence-corrected chi connectivity index (χ0v) is 27.1. The van der Waals surface area contributed by atoms with Crippen molar-refractivity contribution in [3.63, 3.8) is 0 Å². The van der Waals surface area contributed by atoms with Crippen LogP contribution in [0.25, 0.3) is 106 Å². The number of hydrogen-bond acceptors (Lipinski definition) is 5. The molecule has 6 nitrogen and oxygen atoms in total. The Morgan fingerprint density at radius 3 is 1.51 bits per heavy atom. The Bertz CT molecular complexity index is 3030. The quantitative estimate of drug-likeness (QED) is 0.189. The third-order valence-electron chi connectivity index (χ3n) is 9.85. The van der Waals surface area contributed by atoms with E-state index in [1.165, 1.54) is 10.8 Å². The van der Waals surface area contributed by atoms with E-state index < -0.39 is 0 Å². The van der Waals surface area contributed by atoms with Crippen LogP contribution < -0.4 is 0 Å². The maximum absolute atomic E-state index is 6.75. The molecule has 11 rings (SSSR count). The van der Waals surface area contributed by atoms with Crippen molar-refractivity contribution in [1.29, 1.82) is 0 Å². The van der Waals surface area contributed by atoms with Crippen LogP contribution in [-0.2, 0) is 0 Å². The summed E-state index contributed by atoms with van der Waals surface area (Å²) in [4.78, 5) is 14.7. The lowest BCUT2D eigenvalue weighted by Crippen LogP contribution is -2.00. The van der Waals surface area contributed by atoms with Gasteiger partial charge in [-0.25, -0.2) is 15.0 Å². The van der Waals surface area contributed by atoms with E-state index in [0.29, 0.717) is 17.5 Å². The van der Waals surface area contributed by atoms with Crippen LogP contribution in [0.2, 0.25) is 0 Å². The minimum Gasteiger partial charge on any atom is -0.456 e. The van der Waals surface area contributed by atoms with Crippen molar-refractivity contribution in [2.24, 2.45) is 0 Å². The van der Waals surface area contributed by atoms with Crippen molar-refractivity contribution in [3.8, 4) is 39.9 Å². The number of fused-ring (bicyclic) bond motifs is 9. The summed E-state index contributed by atoms with van der Waals surface area (Å²) in [7, 11) is 0. The van der Waals surface area contributed by atoms with E-state index >= 15 is 0 Å². The SMILES string of the molecule is c1ccc(-c2nc(-c3ccccc3)nc(-c3ccc4c(c3)oc3cc5c(cc34)oc3c(-n4c6ccccc6c6ccccc64)cccc35)n2)cc1. The topological polar surface area (TPSA) is 69.9 Å². The Labute approximate surface area is 290 Å². The first-order valence-electron chi connectivity index (χ1n) is 16.9. The van der Waals surface area contributed by atoms with Gasteiger partial charge in [-0.3, -0.25) is 0 Å². The molecule has 0 saturated carbocycles. The summed E-state index contributed by atoms with van der Waals surface area (Å²) in [6.07, 6.45) is 0. The van der Waals surface area contributed by atoms with Gasteiger partial charge in [-0.2, -0.15) is 0 Å². The van der Waals surface area contributed by atoms with Crippen molar-refractivity contribution in [2.75, 3.05) is 0 Å². The fourth-order valence-electron chi connectivity index (χ4n) is 7.49. The Morgan fingerprint density at radius 1 is 0.353 bits per heavy atom. The Balaban J connectivity index is 1.07. The van der Waals surface area contributed by atoms with Gasteiger partial charge in [-0.15, -0.1) is 0 Å². The van der Waals surface area contributed by atoms with Crippen molar-refractivity contribution in [2.45, 2.75) is 0 Å². The average Bonchev–Trinajstić information content (AvgIpc) is 3.86. The highest BCUT2D eigenvalue weighted by molar-refractivity contribution is 6.17. The number of hydrogen-bond donors (Lipinski definition) is 0. The molecule has 0 N–H and O–H groups in total. The molecule has 0 bridgehead atoms. The van der Waals surface area contributed by atoms with Gasteiger partial charge >= 0.3 is 0 Å². The number of para-hydroxylation sites is 3. The van der Waals surface area contributed by atoms with E-state index in [1.54, 1.807) is 0 Å². The second kappa shape index (κ2) is 10.7. The van der Waals surface area contributed by atoms with Crippen LogP contribution in [0.4, 0.5) is 0 Å². The third-order valence-corrected chi connectivity index (χ3v) is 9.85. The highest BCUT2D eigenvalue weighted by atomic mass is 16.3. The lowest BCUT2D eigenvalue weighted by atomic mass is 10.1. The van der Waals surface area contributed by atoms with Crippen molar-refractivity contribution >= 4 is 65.7 Å². The molecule has 51 heavy (non-hydrogen) atoms. The highest BCUT2D eigenvalue weighted by Crippen LogP contribution is 2.41. The number of nitrogens with zero attached hydrogens (tertiary/aromatic N) is 4. The van der Waals surface area contributed by atoms with Gasteiger partial charge in [-0.05, 0) is 42.5 Å². The molecular formula is C45H26N4O2. The molecule has 0 atom stereocenters. The van der Waals surface area contributed by atoms with Gasteiger partial charge in [0.25, 0.3) is 0 Å². The summed E-state index contributed by atoms with van der Waals surface area (Å²) in [5.41, 5.74) is 9.22. The summed E-state index contributed by atoms with van der Waals surface area (Å²) in [5.74, 6) is 1.83. The zero-order valence-electron chi connectivity index (χ0n) is 27.1. The number of rotatable bonds is 4. The second-order valence-corrected chi connectivity index (χ2v) is 12.8. The third kappa shape index (κ3) is 4.26. The monoisotopic (exact) mass is 654 g/mol. The van der Waals surface area contributed by atoms with E-state index in [1.807, 2.05) is 66.7 Å². The van der Waals surface area contributed by atoms with Gasteiger partial charge in [0.2, 0.25) is 0 Å². The van der Waals surface area contributed by atoms with Crippen molar-refractivity contribution < 1.29 is 8.83 Å². The van der Waals surface area contributed by atoms with E-state index in [2.05, 4.69) is 95.6 Å². The summed E-state index contributed by atoms with van der Waals surface area (Å²) < 4.78 is 15.6. The van der Waals surface area contributed by atoms with E-state index in [4.69, 9.17) is 23.8 Å². The Hall–Kier alpha value is -7.05. The molecule has 0 aliphatic rings. The molecule has 7 aromatic carbocycles. The molecule has 0 aliphatic carbocycles. The van der Waals surface area contributed by atoms with Crippen LogP contribution in [0.5, 0.6) is 0 Å². The standard InChI is InChI=1S/C45H26N4O2/c1-3-12-27(13-4-1)43-46-44(28-14-5-2-6-15-28)48-45(47-43)29-22-23-32-34-25-41-35(26-40(34)50-39(32)24-29)33-18-11-21-38(42(33)51-41)49-36-19-9-7-16-30(36)31-17-8-10-20-37(31)49/h1-26H. The molecule has 0 spiro atoms. The first-order chi connectivity index (χ1) is 25.3. The van der Waals surface area contributed by atoms with Gasteiger partial charge in [0.1, 0.15) is 16.7 Å². The first-order valence-corrected chi connectivity index (χ1v) is 16.9. The summed E-state index contributed by atoms with van der Waals surface area (Å²) >= 11 is 0. The van der Waals surface area contributed by atoms with Crippen LogP contribution >= 0.6 is 0 Å². The molecule has 0 amide bonds. The molecule has 4 aromatic heterocycles. The maximum Gasteiger partial charge on any atom is 0.164 e. The molecule has 0 aliphatic heterocycles. The number of furan rings is 2. The molecule has 0 fully saturated rings. The minimum absolute atomic E-state index is 0.586. The van der Waals surface area contributed by atoms with Gasteiger partial charge in [0.15, 0.2) is 23.1 Å². The van der Waals surface area contributed by atoms with Gasteiger partial charge < -0.3 is 13.4 Å². The molecule has 0 radical (unpaired) electrons. The lowest BCUT2D eigenvalue weighted by molar-refractivity contribution is 0.662. The van der Waals surface area contributed by atoms with Crippen LogP contribution in [-0.4, -0.2) is 19.5 Å². The molecular weight excluding hydrogens is 629 g/mol. The van der Waals surface area contributed by atoms with Crippen LogP contribution in [0.3, 0.4) is 0 Å². The summed E-state index contributed by atoms with van der Waals surface area (Å²) in [6, 6.07) is 53.8. The number of benzene rings is 7. The zero-order chi connectivity index (χ0) is 33.5. The smallest absolute Gasteiger partial charge is 0.164 e. The summed E-state index contributed by atoms with van der Waals surface area (Å²) in [6.45, 7) is 0. The van der Waals surface area contributed by atoms with Crippen LogP contribution in [0, 0.1) is 0 Å². The second-order valence-electron chi connectivity index (χ2n) is 12.8. The minimum atomic E-state index is 0.586. The normalized spacial score (nSPS) is 11.9. The Kier molecular flexibility index (Phi) is 5.86. The molecule has 11 aromatic rings. The fourth-order valence-corrected chi connectivity index (χ4v) is 7.49. The Morgan fingerprint density at radius 2 is 0.863 bits per heavy atom. The maximum atomic E-state index is 6.75. The average molecular weight is 655 g/mol. The molecule has 238 valence electrons.